The van der Waals surface area contributed by atoms with E-state index >= 15 is 0 Å². The molecule has 3 fully saturated rings. The summed E-state index contributed by atoms with van der Waals surface area (Å²) in [6.45, 7) is 11.7. The second kappa shape index (κ2) is 7.21. The Balaban J connectivity index is 1.42. The number of morpholine rings is 1. The summed E-state index contributed by atoms with van der Waals surface area (Å²) in [5.74, 6) is 2.74. The topological polar surface area (TPSA) is 12.5 Å². The Labute approximate surface area is 138 Å². The molecule has 128 valence electrons. The van der Waals surface area contributed by atoms with Gasteiger partial charge in [0.05, 0.1) is 12.7 Å². The Morgan fingerprint density at radius 3 is 2.59 bits per heavy atom. The molecule has 0 aromatic heterocycles. The van der Waals surface area contributed by atoms with Crippen LogP contribution in [0.3, 0.4) is 0 Å². The molecule has 0 spiro atoms. The summed E-state index contributed by atoms with van der Waals surface area (Å²) < 4.78 is 6.09. The Bertz CT molecular complexity index is 346. The molecule has 3 aliphatic rings. The quantitative estimate of drug-likeness (QED) is 0.674. The smallest absolute Gasteiger partial charge is 0.0705 e. The van der Waals surface area contributed by atoms with Gasteiger partial charge in [-0.3, -0.25) is 4.90 Å². The molecule has 2 nitrogen and oxygen atoms in total. The highest BCUT2D eigenvalue weighted by Gasteiger charge is 2.45. The lowest BCUT2D eigenvalue weighted by molar-refractivity contribution is -0.0417. The van der Waals surface area contributed by atoms with E-state index in [1.807, 2.05) is 0 Å². The fraction of sp³-hybridized carbons (Fsp3) is 1.00. The van der Waals surface area contributed by atoms with Gasteiger partial charge in [0.1, 0.15) is 0 Å². The third kappa shape index (κ3) is 4.26. The van der Waals surface area contributed by atoms with Crippen LogP contribution in [0.4, 0.5) is 0 Å². The van der Waals surface area contributed by atoms with E-state index in [9.17, 15) is 0 Å². The van der Waals surface area contributed by atoms with Gasteiger partial charge in [-0.05, 0) is 81.1 Å². The van der Waals surface area contributed by atoms with Gasteiger partial charge in [0, 0.05) is 13.1 Å². The summed E-state index contributed by atoms with van der Waals surface area (Å²) in [5, 5.41) is 0. The first kappa shape index (κ1) is 16.8. The molecular formula is C20H37NO. The maximum Gasteiger partial charge on any atom is 0.0705 e. The maximum atomic E-state index is 6.09. The van der Waals surface area contributed by atoms with Crippen molar-refractivity contribution in [2.45, 2.75) is 78.2 Å². The van der Waals surface area contributed by atoms with Gasteiger partial charge in [-0.15, -0.1) is 0 Å². The van der Waals surface area contributed by atoms with E-state index in [2.05, 4.69) is 25.7 Å². The lowest BCUT2D eigenvalue weighted by Gasteiger charge is -2.36. The number of rotatable bonds is 7. The predicted octanol–water partition coefficient (Wildman–Crippen LogP) is 4.73. The van der Waals surface area contributed by atoms with Gasteiger partial charge in [-0.2, -0.15) is 0 Å². The summed E-state index contributed by atoms with van der Waals surface area (Å²) in [6.07, 6.45) is 12.2. The van der Waals surface area contributed by atoms with Crippen LogP contribution in [0.2, 0.25) is 0 Å². The van der Waals surface area contributed by atoms with Gasteiger partial charge in [0.15, 0.2) is 0 Å². The Morgan fingerprint density at radius 1 is 1.18 bits per heavy atom. The first-order valence-electron chi connectivity index (χ1n) is 9.89. The van der Waals surface area contributed by atoms with Crippen molar-refractivity contribution in [1.82, 2.24) is 4.90 Å². The van der Waals surface area contributed by atoms with Crippen molar-refractivity contribution in [3.05, 3.63) is 0 Å². The zero-order valence-corrected chi connectivity index (χ0v) is 15.2. The fourth-order valence-electron chi connectivity index (χ4n) is 5.44. The number of hydrogen-bond acceptors (Lipinski definition) is 2. The summed E-state index contributed by atoms with van der Waals surface area (Å²) >= 11 is 0. The Hall–Kier alpha value is -0.0800. The fourth-order valence-corrected chi connectivity index (χ4v) is 5.44. The summed E-state index contributed by atoms with van der Waals surface area (Å²) in [6, 6.07) is 0. The van der Waals surface area contributed by atoms with Crippen LogP contribution in [0.5, 0.6) is 0 Å². The SMILES string of the molecule is CC(C)CCN1CCOC(CC(C)CC23CCC(CC2)C3)C1. The van der Waals surface area contributed by atoms with Crippen molar-refractivity contribution in [1.29, 1.82) is 0 Å². The molecule has 2 aliphatic carbocycles. The second-order valence-electron chi connectivity index (χ2n) is 9.17. The average Bonchev–Trinajstić information content (AvgIpc) is 3.05. The summed E-state index contributed by atoms with van der Waals surface area (Å²) in [4.78, 5) is 2.64. The van der Waals surface area contributed by atoms with E-state index in [-0.39, 0.29) is 0 Å². The minimum absolute atomic E-state index is 0.492. The molecule has 0 aromatic rings. The normalized spacial score (nSPS) is 37.1. The highest BCUT2D eigenvalue weighted by Crippen LogP contribution is 2.57. The van der Waals surface area contributed by atoms with E-state index in [1.165, 1.54) is 58.0 Å². The van der Waals surface area contributed by atoms with Gasteiger partial charge in [0.25, 0.3) is 0 Å². The van der Waals surface area contributed by atoms with Gasteiger partial charge >= 0.3 is 0 Å². The third-order valence-corrected chi connectivity index (χ3v) is 6.58. The van der Waals surface area contributed by atoms with Gasteiger partial charge in [0.2, 0.25) is 0 Å². The first-order chi connectivity index (χ1) is 10.5. The van der Waals surface area contributed by atoms with Crippen molar-refractivity contribution in [3.63, 3.8) is 0 Å². The maximum absolute atomic E-state index is 6.09. The third-order valence-electron chi connectivity index (χ3n) is 6.58. The zero-order chi connectivity index (χ0) is 15.6. The van der Waals surface area contributed by atoms with Crippen LogP contribution in [0.15, 0.2) is 0 Å². The highest BCUT2D eigenvalue weighted by molar-refractivity contribution is 4.96. The van der Waals surface area contributed by atoms with Crippen molar-refractivity contribution < 1.29 is 4.74 Å². The zero-order valence-electron chi connectivity index (χ0n) is 15.2. The molecule has 1 saturated heterocycles. The minimum Gasteiger partial charge on any atom is -0.376 e. The summed E-state index contributed by atoms with van der Waals surface area (Å²) in [7, 11) is 0. The molecular weight excluding hydrogens is 270 g/mol. The Kier molecular flexibility index (Phi) is 5.50. The monoisotopic (exact) mass is 307 g/mol. The lowest BCUT2D eigenvalue weighted by Crippen LogP contribution is -2.43. The number of hydrogen-bond donors (Lipinski definition) is 0. The molecule has 0 N–H and O–H groups in total. The second-order valence-corrected chi connectivity index (χ2v) is 9.17. The van der Waals surface area contributed by atoms with Crippen molar-refractivity contribution in [2.24, 2.45) is 23.2 Å². The molecule has 2 bridgehead atoms. The van der Waals surface area contributed by atoms with E-state index in [1.54, 1.807) is 6.42 Å². The van der Waals surface area contributed by atoms with Crippen LogP contribution >= 0.6 is 0 Å². The molecule has 3 rings (SSSR count). The van der Waals surface area contributed by atoms with Crippen LogP contribution in [0.25, 0.3) is 0 Å². The molecule has 1 heterocycles. The molecule has 0 amide bonds. The van der Waals surface area contributed by atoms with Gasteiger partial charge in [-0.25, -0.2) is 0 Å². The van der Waals surface area contributed by atoms with Crippen molar-refractivity contribution >= 4 is 0 Å². The van der Waals surface area contributed by atoms with Crippen LogP contribution in [-0.2, 0) is 4.74 Å². The molecule has 2 atom stereocenters. The summed E-state index contributed by atoms with van der Waals surface area (Å²) in [5.41, 5.74) is 0.746. The average molecular weight is 308 g/mol. The van der Waals surface area contributed by atoms with E-state index in [0.29, 0.717) is 6.10 Å². The number of nitrogens with zero attached hydrogens (tertiary/aromatic N) is 1. The van der Waals surface area contributed by atoms with E-state index in [0.717, 1.165) is 36.3 Å². The van der Waals surface area contributed by atoms with Crippen molar-refractivity contribution in [2.75, 3.05) is 26.2 Å². The van der Waals surface area contributed by atoms with Gasteiger partial charge < -0.3 is 4.74 Å². The molecule has 2 saturated carbocycles. The van der Waals surface area contributed by atoms with Crippen LogP contribution in [-0.4, -0.2) is 37.2 Å². The molecule has 2 heteroatoms. The van der Waals surface area contributed by atoms with Crippen LogP contribution < -0.4 is 0 Å². The lowest BCUT2D eigenvalue weighted by atomic mass is 9.76. The first-order valence-corrected chi connectivity index (χ1v) is 9.89. The minimum atomic E-state index is 0.492. The predicted molar refractivity (Wildman–Crippen MR) is 93.0 cm³/mol. The van der Waals surface area contributed by atoms with E-state index < -0.39 is 0 Å². The number of ether oxygens (including phenoxy) is 1. The van der Waals surface area contributed by atoms with Crippen molar-refractivity contribution in [3.8, 4) is 0 Å². The highest BCUT2D eigenvalue weighted by atomic mass is 16.5. The molecule has 1 aliphatic heterocycles. The van der Waals surface area contributed by atoms with Gasteiger partial charge in [-0.1, -0.05) is 20.8 Å². The standard InChI is InChI=1S/C20H37NO/c1-16(2)6-9-21-10-11-22-19(15-21)12-17(3)13-20-7-4-18(14-20)5-8-20/h16-19H,4-15H2,1-3H3. The van der Waals surface area contributed by atoms with Crippen LogP contribution in [0, 0.1) is 23.2 Å². The molecule has 0 aromatic carbocycles. The molecule has 2 unspecified atom stereocenters. The largest absolute Gasteiger partial charge is 0.376 e. The molecule has 22 heavy (non-hydrogen) atoms. The Morgan fingerprint density at radius 2 is 1.95 bits per heavy atom. The van der Waals surface area contributed by atoms with E-state index in [4.69, 9.17) is 4.74 Å². The number of fused-ring (bicyclic) bond motifs is 2. The molecule has 0 radical (unpaired) electrons. The van der Waals surface area contributed by atoms with Crippen LogP contribution in [0.1, 0.15) is 72.1 Å².